The monoisotopic (exact) mass is 439 g/mol. The minimum Gasteiger partial charge on any atom is -0.490 e. The van der Waals surface area contributed by atoms with Crippen molar-refractivity contribution in [3.05, 3.63) is 54.2 Å². The Morgan fingerprint density at radius 3 is 2.75 bits per heavy atom. The Kier molecular flexibility index (Phi) is 9.16. The zero-order valence-electron chi connectivity index (χ0n) is 18.7. The SMILES string of the molecule is CCNC(=NCc1ccc(OCCOc2ccccc2)nc1)N1CCCC(CC(N)=O)C1. The van der Waals surface area contributed by atoms with E-state index in [1.807, 2.05) is 42.5 Å². The molecule has 2 heterocycles. The summed E-state index contributed by atoms with van der Waals surface area (Å²) in [4.78, 5) is 22.7. The van der Waals surface area contributed by atoms with E-state index in [2.05, 4.69) is 22.1 Å². The van der Waals surface area contributed by atoms with Crippen LogP contribution in [0.5, 0.6) is 11.6 Å². The van der Waals surface area contributed by atoms with E-state index in [0.717, 1.165) is 49.7 Å². The maximum atomic E-state index is 11.3. The summed E-state index contributed by atoms with van der Waals surface area (Å²) in [6.07, 6.45) is 4.27. The van der Waals surface area contributed by atoms with Gasteiger partial charge in [0.1, 0.15) is 19.0 Å². The topological polar surface area (TPSA) is 102 Å². The number of pyridine rings is 1. The fourth-order valence-corrected chi connectivity index (χ4v) is 3.71. The number of carbonyl (C=O) groups is 1. The van der Waals surface area contributed by atoms with Crippen LogP contribution in [0.4, 0.5) is 0 Å². The first-order chi connectivity index (χ1) is 15.6. The van der Waals surface area contributed by atoms with E-state index in [1.165, 1.54) is 0 Å². The highest BCUT2D eigenvalue weighted by Crippen LogP contribution is 2.19. The molecule has 1 unspecified atom stereocenters. The predicted octanol–water partition coefficient (Wildman–Crippen LogP) is 2.59. The van der Waals surface area contributed by atoms with Gasteiger partial charge in [-0.3, -0.25) is 4.79 Å². The van der Waals surface area contributed by atoms with E-state index >= 15 is 0 Å². The Morgan fingerprint density at radius 2 is 2.03 bits per heavy atom. The second-order valence-corrected chi connectivity index (χ2v) is 7.81. The Bertz CT molecular complexity index is 858. The molecule has 0 saturated carbocycles. The number of ether oxygens (including phenoxy) is 2. The number of nitrogens with one attached hydrogen (secondary N) is 1. The second-order valence-electron chi connectivity index (χ2n) is 7.81. The van der Waals surface area contributed by atoms with Crippen molar-refractivity contribution in [3.8, 4) is 11.6 Å². The molecule has 8 nitrogen and oxygen atoms in total. The Labute approximate surface area is 189 Å². The van der Waals surface area contributed by atoms with Crippen molar-refractivity contribution >= 4 is 11.9 Å². The standard InChI is InChI=1S/C24H33N5O3/c1-2-26-24(29-12-6-7-19(18-29)15-22(25)30)28-17-20-10-11-23(27-16-20)32-14-13-31-21-8-4-3-5-9-21/h3-5,8-11,16,19H,2,6-7,12-15,17-18H2,1H3,(H2,25,30)(H,26,28). The lowest BCUT2D eigenvalue weighted by atomic mass is 9.95. The van der Waals surface area contributed by atoms with E-state index in [1.54, 1.807) is 6.20 Å². The van der Waals surface area contributed by atoms with Crippen molar-refractivity contribution in [1.29, 1.82) is 0 Å². The van der Waals surface area contributed by atoms with Crippen molar-refractivity contribution in [2.75, 3.05) is 32.8 Å². The Hall–Kier alpha value is -3.29. The smallest absolute Gasteiger partial charge is 0.217 e. The molecule has 0 radical (unpaired) electrons. The lowest BCUT2D eigenvalue weighted by molar-refractivity contribution is -0.119. The number of aromatic nitrogens is 1. The van der Waals surface area contributed by atoms with Gasteiger partial charge in [-0.1, -0.05) is 24.3 Å². The van der Waals surface area contributed by atoms with Crippen molar-refractivity contribution in [2.45, 2.75) is 32.7 Å². The zero-order chi connectivity index (χ0) is 22.6. The number of para-hydroxylation sites is 1. The second kappa shape index (κ2) is 12.5. The van der Waals surface area contributed by atoms with Crippen molar-refractivity contribution in [1.82, 2.24) is 15.2 Å². The van der Waals surface area contributed by atoms with Gasteiger partial charge in [-0.15, -0.1) is 0 Å². The summed E-state index contributed by atoms with van der Waals surface area (Å²) in [6.45, 7) is 5.95. The molecule has 3 N–H and O–H groups in total. The average Bonchev–Trinajstić information content (AvgIpc) is 2.81. The number of guanidine groups is 1. The van der Waals surface area contributed by atoms with Crippen LogP contribution in [0.15, 0.2) is 53.7 Å². The van der Waals surface area contributed by atoms with Gasteiger partial charge in [0.2, 0.25) is 11.8 Å². The summed E-state index contributed by atoms with van der Waals surface area (Å²) >= 11 is 0. The van der Waals surface area contributed by atoms with Gasteiger partial charge in [-0.05, 0) is 43.4 Å². The third-order valence-corrected chi connectivity index (χ3v) is 5.20. The summed E-state index contributed by atoms with van der Waals surface area (Å²) in [5, 5.41) is 3.36. The number of likely N-dealkylation sites (tertiary alicyclic amines) is 1. The molecular formula is C24H33N5O3. The van der Waals surface area contributed by atoms with Gasteiger partial charge in [-0.25, -0.2) is 9.98 Å². The summed E-state index contributed by atoms with van der Waals surface area (Å²) in [7, 11) is 0. The molecule has 32 heavy (non-hydrogen) atoms. The van der Waals surface area contributed by atoms with Gasteiger partial charge in [0, 0.05) is 38.3 Å². The molecule has 3 rings (SSSR count). The molecule has 2 aromatic rings. The zero-order valence-corrected chi connectivity index (χ0v) is 18.7. The van der Waals surface area contributed by atoms with Gasteiger partial charge in [-0.2, -0.15) is 0 Å². The number of nitrogens with two attached hydrogens (primary N) is 1. The van der Waals surface area contributed by atoms with Gasteiger partial charge >= 0.3 is 0 Å². The maximum Gasteiger partial charge on any atom is 0.217 e. The number of primary amides is 1. The molecule has 1 aliphatic heterocycles. The minimum atomic E-state index is -0.237. The quantitative estimate of drug-likeness (QED) is 0.335. The third-order valence-electron chi connectivity index (χ3n) is 5.20. The third kappa shape index (κ3) is 7.76. The van der Waals surface area contributed by atoms with Crippen molar-refractivity contribution in [2.24, 2.45) is 16.6 Å². The lowest BCUT2D eigenvalue weighted by Gasteiger charge is -2.34. The van der Waals surface area contributed by atoms with E-state index < -0.39 is 0 Å². The van der Waals surface area contributed by atoms with Gasteiger partial charge in [0.05, 0.1) is 6.54 Å². The first kappa shape index (κ1) is 23.4. The number of hydrogen-bond donors (Lipinski definition) is 2. The average molecular weight is 440 g/mol. The normalized spacial score (nSPS) is 16.5. The number of carbonyl (C=O) groups excluding carboxylic acids is 1. The maximum absolute atomic E-state index is 11.3. The van der Waals surface area contributed by atoms with E-state index in [-0.39, 0.29) is 11.8 Å². The van der Waals surface area contributed by atoms with E-state index in [4.69, 9.17) is 20.2 Å². The fourth-order valence-electron chi connectivity index (χ4n) is 3.71. The number of hydrogen-bond acceptors (Lipinski definition) is 5. The van der Waals surface area contributed by atoms with E-state index in [0.29, 0.717) is 32.1 Å². The van der Waals surface area contributed by atoms with Crippen LogP contribution in [0.25, 0.3) is 0 Å². The largest absolute Gasteiger partial charge is 0.490 e. The van der Waals surface area contributed by atoms with E-state index in [9.17, 15) is 4.79 Å². The number of amides is 1. The summed E-state index contributed by atoms with van der Waals surface area (Å²) in [6, 6.07) is 13.5. The van der Waals surface area contributed by atoms with Crippen molar-refractivity contribution in [3.63, 3.8) is 0 Å². The van der Waals surface area contributed by atoms with Crippen LogP contribution < -0.4 is 20.5 Å². The predicted molar refractivity (Wildman–Crippen MR) is 125 cm³/mol. The van der Waals surface area contributed by atoms with Crippen LogP contribution in [0.1, 0.15) is 31.7 Å². The van der Waals surface area contributed by atoms with Gasteiger partial charge in [0.15, 0.2) is 5.96 Å². The number of piperidine rings is 1. The molecular weight excluding hydrogens is 406 g/mol. The van der Waals surface area contributed by atoms with Crippen LogP contribution in [0, 0.1) is 5.92 Å². The molecule has 0 aliphatic carbocycles. The fraction of sp³-hybridized carbons (Fsp3) is 0.458. The summed E-state index contributed by atoms with van der Waals surface area (Å²) in [5.74, 6) is 2.29. The number of aliphatic imine (C=N–C) groups is 1. The number of nitrogens with zero attached hydrogens (tertiary/aromatic N) is 3. The van der Waals surface area contributed by atoms with Crippen molar-refractivity contribution < 1.29 is 14.3 Å². The van der Waals surface area contributed by atoms with Gasteiger partial charge in [0.25, 0.3) is 0 Å². The molecule has 0 bridgehead atoms. The molecule has 1 amide bonds. The molecule has 8 heteroatoms. The summed E-state index contributed by atoms with van der Waals surface area (Å²) in [5.41, 5.74) is 6.39. The molecule has 1 aromatic heterocycles. The van der Waals surface area contributed by atoms with Gasteiger partial charge < -0.3 is 25.4 Å². The van der Waals surface area contributed by atoms with Crippen LogP contribution in [0.2, 0.25) is 0 Å². The molecule has 1 aliphatic rings. The Balaban J connectivity index is 1.48. The number of benzene rings is 1. The summed E-state index contributed by atoms with van der Waals surface area (Å²) < 4.78 is 11.3. The highest BCUT2D eigenvalue weighted by atomic mass is 16.5. The first-order valence-corrected chi connectivity index (χ1v) is 11.2. The lowest BCUT2D eigenvalue weighted by Crippen LogP contribution is -2.47. The van der Waals surface area contributed by atoms with Crippen LogP contribution in [-0.4, -0.2) is 54.6 Å². The highest BCUT2D eigenvalue weighted by molar-refractivity contribution is 5.80. The number of rotatable bonds is 10. The first-order valence-electron chi connectivity index (χ1n) is 11.2. The molecule has 1 aromatic carbocycles. The Morgan fingerprint density at radius 1 is 1.22 bits per heavy atom. The molecule has 1 saturated heterocycles. The van der Waals surface area contributed by atoms with Crippen LogP contribution in [-0.2, 0) is 11.3 Å². The highest BCUT2D eigenvalue weighted by Gasteiger charge is 2.23. The van der Waals surface area contributed by atoms with Crippen LogP contribution in [0.3, 0.4) is 0 Å². The molecule has 0 spiro atoms. The molecule has 1 fully saturated rings. The molecule has 172 valence electrons. The minimum absolute atomic E-state index is 0.237. The molecule has 1 atom stereocenters. The van der Waals surface area contributed by atoms with Crippen LogP contribution >= 0.6 is 0 Å².